The Balaban J connectivity index is 1.77. The van der Waals surface area contributed by atoms with Gasteiger partial charge in [-0.2, -0.15) is 5.26 Å². The number of nitriles is 1. The van der Waals surface area contributed by atoms with E-state index in [1.807, 2.05) is 22.4 Å². The lowest BCUT2D eigenvalue weighted by atomic mass is 10.1. The summed E-state index contributed by atoms with van der Waals surface area (Å²) in [5.41, 5.74) is 1.17. The van der Waals surface area contributed by atoms with E-state index < -0.39 is 0 Å². The van der Waals surface area contributed by atoms with Gasteiger partial charge in [-0.05, 0) is 48.6 Å². The molecule has 0 unspecified atom stereocenters. The van der Waals surface area contributed by atoms with Crippen molar-refractivity contribution in [2.45, 2.75) is 25.5 Å². The first-order valence-electron chi connectivity index (χ1n) is 7.69. The third kappa shape index (κ3) is 3.98. The van der Waals surface area contributed by atoms with Crippen LogP contribution in [0.1, 0.15) is 33.6 Å². The van der Waals surface area contributed by atoms with Gasteiger partial charge < -0.3 is 9.64 Å². The Bertz CT molecular complexity index is 683. The number of ether oxygens (including phenoxy) is 1. The molecule has 0 bridgehead atoms. The highest BCUT2D eigenvalue weighted by atomic mass is 32.1. The second-order valence-corrected chi connectivity index (χ2v) is 6.62. The lowest BCUT2D eigenvalue weighted by Gasteiger charge is -2.25. The minimum Gasteiger partial charge on any atom is -0.376 e. The van der Waals surface area contributed by atoms with Gasteiger partial charge in [0, 0.05) is 23.6 Å². The normalized spacial score (nSPS) is 16.9. The molecular weight excluding hydrogens is 308 g/mol. The van der Waals surface area contributed by atoms with Crippen LogP contribution in [0.4, 0.5) is 0 Å². The Labute approximate surface area is 139 Å². The van der Waals surface area contributed by atoms with Gasteiger partial charge >= 0.3 is 0 Å². The number of hydrogen-bond donors (Lipinski definition) is 0. The Morgan fingerprint density at radius 3 is 2.78 bits per heavy atom. The van der Waals surface area contributed by atoms with E-state index in [9.17, 15) is 4.79 Å². The van der Waals surface area contributed by atoms with Gasteiger partial charge in [-0.3, -0.25) is 4.79 Å². The Hall–Kier alpha value is -2.16. The Morgan fingerprint density at radius 1 is 1.35 bits per heavy atom. The van der Waals surface area contributed by atoms with Gasteiger partial charge in [0.15, 0.2) is 0 Å². The van der Waals surface area contributed by atoms with Crippen LogP contribution in [0.15, 0.2) is 41.8 Å². The summed E-state index contributed by atoms with van der Waals surface area (Å²) >= 11 is 1.65. The van der Waals surface area contributed by atoms with Gasteiger partial charge in [0.25, 0.3) is 5.91 Å². The summed E-state index contributed by atoms with van der Waals surface area (Å²) in [6.07, 6.45) is 2.18. The van der Waals surface area contributed by atoms with Crippen LogP contribution < -0.4 is 0 Å². The molecule has 1 amide bonds. The minimum absolute atomic E-state index is 0.0154. The van der Waals surface area contributed by atoms with Gasteiger partial charge in [-0.25, -0.2) is 0 Å². The molecule has 1 aliphatic rings. The number of hydrogen-bond acceptors (Lipinski definition) is 4. The van der Waals surface area contributed by atoms with Crippen LogP contribution >= 0.6 is 11.3 Å². The summed E-state index contributed by atoms with van der Waals surface area (Å²) in [5.74, 6) is -0.0154. The molecule has 5 heteroatoms. The third-order valence-corrected chi connectivity index (χ3v) is 4.78. The number of amides is 1. The molecule has 0 spiro atoms. The van der Waals surface area contributed by atoms with Crippen molar-refractivity contribution in [1.82, 2.24) is 4.90 Å². The lowest BCUT2D eigenvalue weighted by molar-refractivity contribution is 0.0509. The van der Waals surface area contributed by atoms with E-state index in [4.69, 9.17) is 10.00 Å². The summed E-state index contributed by atoms with van der Waals surface area (Å²) in [5, 5.41) is 10.9. The first-order valence-corrected chi connectivity index (χ1v) is 8.57. The van der Waals surface area contributed by atoms with Gasteiger partial charge in [-0.15, -0.1) is 11.3 Å². The number of thiophene rings is 1. The van der Waals surface area contributed by atoms with Crippen molar-refractivity contribution < 1.29 is 9.53 Å². The molecule has 1 saturated heterocycles. The fourth-order valence-electron chi connectivity index (χ4n) is 2.71. The highest BCUT2D eigenvalue weighted by molar-refractivity contribution is 7.09. The number of benzene rings is 1. The number of rotatable bonds is 5. The van der Waals surface area contributed by atoms with Crippen molar-refractivity contribution in [2.75, 3.05) is 13.2 Å². The number of carbonyl (C=O) groups is 1. The SMILES string of the molecule is N#Cc1ccc(C(=O)N(Cc2cccs2)C[C@@H]2CCCO2)cc1. The monoisotopic (exact) mass is 326 g/mol. The van der Waals surface area contributed by atoms with E-state index in [1.165, 1.54) is 0 Å². The van der Waals surface area contributed by atoms with Crippen molar-refractivity contribution in [3.05, 3.63) is 57.8 Å². The molecule has 23 heavy (non-hydrogen) atoms. The lowest BCUT2D eigenvalue weighted by Crippen LogP contribution is -2.36. The van der Waals surface area contributed by atoms with E-state index in [-0.39, 0.29) is 12.0 Å². The fraction of sp³-hybridized carbons (Fsp3) is 0.333. The summed E-state index contributed by atoms with van der Waals surface area (Å²) < 4.78 is 5.69. The van der Waals surface area contributed by atoms with Crippen LogP contribution in [-0.4, -0.2) is 30.1 Å². The molecule has 1 fully saturated rings. The van der Waals surface area contributed by atoms with Gasteiger partial charge in [-0.1, -0.05) is 6.07 Å². The van der Waals surface area contributed by atoms with Gasteiger partial charge in [0.05, 0.1) is 24.3 Å². The summed E-state index contributed by atoms with van der Waals surface area (Å²) in [7, 11) is 0. The average Bonchev–Trinajstić information content (AvgIpc) is 3.27. The molecule has 1 atom stereocenters. The third-order valence-electron chi connectivity index (χ3n) is 3.92. The number of carbonyl (C=O) groups excluding carboxylic acids is 1. The van der Waals surface area contributed by atoms with Crippen molar-refractivity contribution in [1.29, 1.82) is 5.26 Å². The standard InChI is InChI=1S/C18H18N2O2S/c19-11-14-5-7-15(8-6-14)18(21)20(12-16-3-1-9-22-16)13-17-4-2-10-23-17/h2,4-8,10,16H,1,3,9,12-13H2/t16-/m0/s1. The van der Waals surface area contributed by atoms with Crippen molar-refractivity contribution in [3.8, 4) is 6.07 Å². The second kappa shape index (κ2) is 7.40. The maximum atomic E-state index is 12.9. The molecule has 1 aliphatic heterocycles. The molecule has 2 aromatic rings. The summed E-state index contributed by atoms with van der Waals surface area (Å²) in [6.45, 7) is 1.98. The van der Waals surface area contributed by atoms with E-state index in [0.29, 0.717) is 24.2 Å². The zero-order chi connectivity index (χ0) is 16.1. The van der Waals surface area contributed by atoms with E-state index in [2.05, 4.69) is 6.07 Å². The maximum Gasteiger partial charge on any atom is 0.254 e. The van der Waals surface area contributed by atoms with Gasteiger partial charge in [0.1, 0.15) is 0 Å². The van der Waals surface area contributed by atoms with Crippen LogP contribution in [0.25, 0.3) is 0 Å². The zero-order valence-corrected chi connectivity index (χ0v) is 13.6. The molecule has 0 radical (unpaired) electrons. The molecule has 2 heterocycles. The van der Waals surface area contributed by atoms with E-state index in [1.54, 1.807) is 35.6 Å². The predicted octanol–water partition coefficient (Wildman–Crippen LogP) is 3.44. The first-order chi connectivity index (χ1) is 11.3. The van der Waals surface area contributed by atoms with Crippen LogP contribution in [0.2, 0.25) is 0 Å². The molecular formula is C18H18N2O2S. The van der Waals surface area contributed by atoms with Crippen LogP contribution in [0.5, 0.6) is 0 Å². The van der Waals surface area contributed by atoms with Crippen LogP contribution in [0, 0.1) is 11.3 Å². The Morgan fingerprint density at radius 2 is 2.17 bits per heavy atom. The molecule has 1 aromatic carbocycles. The smallest absolute Gasteiger partial charge is 0.254 e. The van der Waals surface area contributed by atoms with Crippen molar-refractivity contribution in [3.63, 3.8) is 0 Å². The highest BCUT2D eigenvalue weighted by Gasteiger charge is 2.23. The van der Waals surface area contributed by atoms with E-state index in [0.717, 1.165) is 24.3 Å². The Kier molecular flexibility index (Phi) is 5.06. The van der Waals surface area contributed by atoms with E-state index >= 15 is 0 Å². The second-order valence-electron chi connectivity index (χ2n) is 5.59. The zero-order valence-electron chi connectivity index (χ0n) is 12.8. The molecule has 1 aromatic heterocycles. The van der Waals surface area contributed by atoms with Gasteiger partial charge in [0.2, 0.25) is 0 Å². The molecule has 0 saturated carbocycles. The highest BCUT2D eigenvalue weighted by Crippen LogP contribution is 2.19. The largest absolute Gasteiger partial charge is 0.376 e. The van der Waals surface area contributed by atoms with Crippen molar-refractivity contribution in [2.24, 2.45) is 0 Å². The molecule has 3 rings (SSSR count). The predicted molar refractivity (Wildman–Crippen MR) is 89.2 cm³/mol. The topological polar surface area (TPSA) is 53.3 Å². The first kappa shape index (κ1) is 15.7. The van der Waals surface area contributed by atoms with Crippen molar-refractivity contribution >= 4 is 17.2 Å². The molecule has 0 aliphatic carbocycles. The quantitative estimate of drug-likeness (QED) is 0.846. The molecule has 0 N–H and O–H groups in total. The van der Waals surface area contributed by atoms with Crippen LogP contribution in [-0.2, 0) is 11.3 Å². The summed E-state index contributed by atoms with van der Waals surface area (Å²) in [4.78, 5) is 15.9. The number of nitrogens with zero attached hydrogens (tertiary/aromatic N) is 2. The molecule has 118 valence electrons. The fourth-order valence-corrected chi connectivity index (χ4v) is 3.43. The maximum absolute atomic E-state index is 12.9. The van der Waals surface area contributed by atoms with Crippen LogP contribution in [0.3, 0.4) is 0 Å². The average molecular weight is 326 g/mol. The minimum atomic E-state index is -0.0154. The molecule has 4 nitrogen and oxygen atoms in total. The summed E-state index contributed by atoms with van der Waals surface area (Å²) in [6, 6.07) is 12.9.